The maximum absolute atomic E-state index is 11.6. The Kier molecular flexibility index (Phi) is 13.0. The molecule has 6 rings (SSSR count). The van der Waals surface area contributed by atoms with Gasteiger partial charge in [-0.05, 0) is 69.7 Å². The Balaban J connectivity index is 0.000000181. The monoisotopic (exact) mass is 668 g/mol. The number of halogens is 2. The number of carbonyl (C=O) groups excluding carboxylic acids is 2. The highest BCUT2D eigenvalue weighted by Gasteiger charge is 2.20. The Morgan fingerprint density at radius 2 is 1.33 bits per heavy atom. The van der Waals surface area contributed by atoms with E-state index in [1.165, 1.54) is 53.8 Å². The summed E-state index contributed by atoms with van der Waals surface area (Å²) in [6, 6.07) is 14.4. The molecule has 0 amide bonds. The van der Waals surface area contributed by atoms with Crippen molar-refractivity contribution in [2.24, 2.45) is 0 Å². The summed E-state index contributed by atoms with van der Waals surface area (Å²) in [5, 5.41) is 27.0. The second kappa shape index (κ2) is 17.4. The van der Waals surface area contributed by atoms with Crippen LogP contribution in [0.3, 0.4) is 0 Å². The van der Waals surface area contributed by atoms with E-state index in [-0.39, 0.29) is 18.2 Å². The molecular formula is C32H34Cl2N6O6. The number of carbonyl (C=O) groups is 2. The van der Waals surface area contributed by atoms with Crippen molar-refractivity contribution in [1.29, 1.82) is 0 Å². The van der Waals surface area contributed by atoms with Crippen LogP contribution in [0.1, 0.15) is 45.4 Å². The summed E-state index contributed by atoms with van der Waals surface area (Å²) in [7, 11) is 0. The molecule has 2 fully saturated rings. The van der Waals surface area contributed by atoms with E-state index in [4.69, 9.17) is 38.2 Å². The number of nitrogens with zero attached hydrogens (tertiary/aromatic N) is 6. The first-order valence-corrected chi connectivity index (χ1v) is 15.4. The van der Waals surface area contributed by atoms with E-state index in [1.807, 2.05) is 18.2 Å². The normalized spacial score (nSPS) is 15.2. The fourth-order valence-electron chi connectivity index (χ4n) is 3.77. The molecule has 1 unspecified atom stereocenters. The van der Waals surface area contributed by atoms with Gasteiger partial charge in [0.25, 0.3) is 0 Å². The van der Waals surface area contributed by atoms with Crippen molar-refractivity contribution in [1.82, 2.24) is 29.5 Å². The molecule has 0 radical (unpaired) electrons. The molecule has 46 heavy (non-hydrogen) atoms. The van der Waals surface area contributed by atoms with Gasteiger partial charge in [-0.1, -0.05) is 47.5 Å². The van der Waals surface area contributed by atoms with Gasteiger partial charge < -0.3 is 19.7 Å². The number of hydrogen-bond donors (Lipinski definition) is 2. The van der Waals surface area contributed by atoms with Crippen molar-refractivity contribution in [3.8, 4) is 22.8 Å². The van der Waals surface area contributed by atoms with Crippen LogP contribution in [0.4, 0.5) is 0 Å². The number of benzene rings is 2. The van der Waals surface area contributed by atoms with E-state index in [0.717, 1.165) is 49.3 Å². The molecule has 0 saturated heterocycles. The van der Waals surface area contributed by atoms with E-state index in [2.05, 4.69) is 24.9 Å². The van der Waals surface area contributed by atoms with E-state index < -0.39 is 12.3 Å². The zero-order chi connectivity index (χ0) is 32.9. The first-order valence-electron chi connectivity index (χ1n) is 14.6. The molecule has 2 aliphatic carbocycles. The Bertz CT molecular complexity index is 1640. The summed E-state index contributed by atoms with van der Waals surface area (Å²) in [5.41, 5.74) is 1.60. The standard InChI is InChI=1S/C15H14ClN3O2.C13H12ClN3O3.C4H8O/c16-12-4-1-3-11(9-12)15-17-10-19(18-15)8-7-14(20)21-13-5-2-6-13;1-9(18)20-12(19)5-6-17-8-15-13(16-17)10-3-2-4-11(14)7-10;5-4-2-1-3-4/h1,3-4,7-10,13H,2,5-6H2;2-9,18H,1H3;4-5H,1-3H2/b8-7-;6-5-;. The van der Waals surface area contributed by atoms with Gasteiger partial charge in [0.05, 0.1) is 6.10 Å². The third-order valence-corrected chi connectivity index (χ3v) is 7.08. The van der Waals surface area contributed by atoms with Crippen LogP contribution in [0.15, 0.2) is 73.3 Å². The van der Waals surface area contributed by atoms with Crippen LogP contribution in [0.5, 0.6) is 0 Å². The molecule has 2 saturated carbocycles. The molecular weight excluding hydrogens is 635 g/mol. The number of hydrogen-bond acceptors (Lipinski definition) is 10. The third kappa shape index (κ3) is 11.5. The van der Waals surface area contributed by atoms with Gasteiger partial charge in [-0.25, -0.2) is 28.9 Å². The number of esters is 2. The average Bonchev–Trinajstić information content (AvgIpc) is 3.67. The molecule has 242 valence electrons. The molecule has 14 heteroatoms. The predicted molar refractivity (Wildman–Crippen MR) is 173 cm³/mol. The Morgan fingerprint density at radius 3 is 1.72 bits per heavy atom. The van der Waals surface area contributed by atoms with Crippen LogP contribution >= 0.6 is 23.2 Å². The molecule has 1 atom stereocenters. The molecule has 0 spiro atoms. The molecule has 2 aliphatic rings. The first kappa shape index (κ1) is 34.5. The number of ether oxygens (including phenoxy) is 2. The zero-order valence-corrected chi connectivity index (χ0v) is 26.5. The second-order valence-electron chi connectivity index (χ2n) is 10.4. The maximum atomic E-state index is 11.6. The minimum absolute atomic E-state index is 0.0648. The van der Waals surface area contributed by atoms with Crippen LogP contribution in [-0.2, 0) is 19.1 Å². The van der Waals surface area contributed by atoms with Crippen molar-refractivity contribution in [3.05, 3.63) is 83.4 Å². The summed E-state index contributed by atoms with van der Waals surface area (Å²) in [6.07, 6.45) is 13.8. The summed E-state index contributed by atoms with van der Waals surface area (Å²) in [4.78, 5) is 31.0. The van der Waals surface area contributed by atoms with Crippen LogP contribution in [0, 0.1) is 0 Å². The Morgan fingerprint density at radius 1 is 0.848 bits per heavy atom. The topological polar surface area (TPSA) is 154 Å². The molecule has 4 aromatic rings. The molecule has 2 aromatic heterocycles. The fraction of sp³-hybridized carbons (Fsp3) is 0.312. The van der Waals surface area contributed by atoms with Gasteiger partial charge in [0.15, 0.2) is 17.9 Å². The molecule has 2 aromatic carbocycles. The highest BCUT2D eigenvalue weighted by molar-refractivity contribution is 6.31. The van der Waals surface area contributed by atoms with Gasteiger partial charge >= 0.3 is 11.9 Å². The second-order valence-corrected chi connectivity index (χ2v) is 11.2. The Labute approximate surface area is 275 Å². The van der Waals surface area contributed by atoms with Crippen LogP contribution in [0.25, 0.3) is 35.2 Å². The van der Waals surface area contributed by atoms with Gasteiger partial charge in [0.1, 0.15) is 18.8 Å². The van der Waals surface area contributed by atoms with E-state index in [1.54, 1.807) is 30.3 Å². The largest absolute Gasteiger partial charge is 0.459 e. The van der Waals surface area contributed by atoms with Gasteiger partial charge in [0.2, 0.25) is 0 Å². The lowest BCUT2D eigenvalue weighted by atomic mass is 9.96. The molecule has 2 heterocycles. The predicted octanol–water partition coefficient (Wildman–Crippen LogP) is 5.65. The van der Waals surface area contributed by atoms with Gasteiger partial charge in [-0.2, -0.15) is 0 Å². The number of aromatic nitrogens is 6. The third-order valence-electron chi connectivity index (χ3n) is 6.61. The van der Waals surface area contributed by atoms with Crippen molar-refractivity contribution in [2.45, 2.75) is 63.9 Å². The summed E-state index contributed by atoms with van der Waals surface area (Å²) < 4.78 is 12.6. The van der Waals surface area contributed by atoms with Crippen LogP contribution in [0.2, 0.25) is 10.0 Å². The van der Waals surface area contributed by atoms with E-state index >= 15 is 0 Å². The highest BCUT2D eigenvalue weighted by Crippen LogP contribution is 2.22. The van der Waals surface area contributed by atoms with Crippen LogP contribution < -0.4 is 0 Å². The number of rotatable bonds is 8. The minimum atomic E-state index is -1.15. The lowest BCUT2D eigenvalue weighted by Crippen LogP contribution is -2.24. The average molecular weight is 670 g/mol. The smallest absolute Gasteiger partial charge is 0.334 e. The molecule has 12 nitrogen and oxygen atoms in total. The van der Waals surface area contributed by atoms with Crippen LogP contribution in [-0.4, -0.2) is 70.2 Å². The molecule has 0 aliphatic heterocycles. The van der Waals surface area contributed by atoms with Gasteiger partial charge in [-0.3, -0.25) is 0 Å². The molecule has 0 bridgehead atoms. The zero-order valence-electron chi connectivity index (χ0n) is 25.0. The number of aliphatic hydroxyl groups is 2. The van der Waals surface area contributed by atoms with Crippen molar-refractivity contribution < 1.29 is 29.3 Å². The van der Waals surface area contributed by atoms with Crippen molar-refractivity contribution in [3.63, 3.8) is 0 Å². The summed E-state index contributed by atoms with van der Waals surface area (Å²) >= 11 is 11.8. The van der Waals surface area contributed by atoms with Gasteiger partial charge in [0, 0.05) is 45.7 Å². The van der Waals surface area contributed by atoms with Gasteiger partial charge in [-0.15, -0.1) is 10.2 Å². The lowest BCUT2D eigenvalue weighted by molar-refractivity contribution is -0.158. The van der Waals surface area contributed by atoms with E-state index in [0.29, 0.717) is 21.7 Å². The highest BCUT2D eigenvalue weighted by atomic mass is 35.5. The minimum Gasteiger partial charge on any atom is -0.459 e. The fourth-order valence-corrected chi connectivity index (χ4v) is 4.15. The lowest BCUT2D eigenvalue weighted by Gasteiger charge is -2.24. The number of aliphatic hydroxyl groups excluding tert-OH is 2. The Hall–Kier alpha value is -4.36. The quantitative estimate of drug-likeness (QED) is 0.137. The summed E-state index contributed by atoms with van der Waals surface area (Å²) in [5.74, 6) is 0.0230. The SMILES string of the molecule is CC(O)OC(=O)/C=C\n1cnc(-c2cccc(Cl)c2)n1.O=C(/C=C\n1cnc(-c2cccc(Cl)c2)n1)OC1CCC1.OC1CCC1. The first-order chi connectivity index (χ1) is 22.1. The van der Waals surface area contributed by atoms with Crippen molar-refractivity contribution in [2.75, 3.05) is 0 Å². The van der Waals surface area contributed by atoms with Crippen molar-refractivity contribution >= 4 is 47.5 Å². The van der Waals surface area contributed by atoms with E-state index in [9.17, 15) is 9.59 Å². The maximum Gasteiger partial charge on any atom is 0.334 e. The summed E-state index contributed by atoms with van der Waals surface area (Å²) in [6.45, 7) is 1.35. The molecule has 2 N–H and O–H groups in total.